The molecule has 0 aromatic carbocycles. The third kappa shape index (κ3) is 2.17. The summed E-state index contributed by atoms with van der Waals surface area (Å²) < 4.78 is 7.26. The first-order chi connectivity index (χ1) is 9.15. The van der Waals surface area contributed by atoms with E-state index in [9.17, 15) is 4.79 Å². The van der Waals surface area contributed by atoms with Crippen molar-refractivity contribution in [1.29, 1.82) is 0 Å². The highest BCUT2D eigenvalue weighted by Crippen LogP contribution is 2.14. The number of aromatic nitrogens is 4. The maximum atomic E-state index is 12.2. The molecule has 0 aliphatic rings. The summed E-state index contributed by atoms with van der Waals surface area (Å²) in [5.41, 5.74) is 0.651. The number of thiophene rings is 1. The van der Waals surface area contributed by atoms with Crippen molar-refractivity contribution < 1.29 is 4.52 Å². The van der Waals surface area contributed by atoms with Gasteiger partial charge in [0.1, 0.15) is 4.70 Å². The van der Waals surface area contributed by atoms with E-state index in [0.717, 1.165) is 5.52 Å². The van der Waals surface area contributed by atoms with Gasteiger partial charge in [0.15, 0.2) is 5.82 Å². The van der Waals surface area contributed by atoms with E-state index in [1.165, 1.54) is 22.2 Å². The summed E-state index contributed by atoms with van der Waals surface area (Å²) in [6.45, 7) is 4.22. The molecule has 0 spiro atoms. The van der Waals surface area contributed by atoms with Crippen molar-refractivity contribution >= 4 is 21.6 Å². The number of nitrogens with zero attached hydrogens (tertiary/aromatic N) is 4. The fourth-order valence-corrected chi connectivity index (χ4v) is 2.50. The maximum Gasteiger partial charge on any atom is 0.271 e. The Kier molecular flexibility index (Phi) is 2.90. The Morgan fingerprint density at radius 2 is 2.32 bits per heavy atom. The lowest BCUT2D eigenvalue weighted by Gasteiger charge is -2.00. The molecule has 0 radical (unpaired) electrons. The standard InChI is InChI=1S/C12H12N4O2S/c1-7(2)11-14-9(15-18-11)5-16-6-13-8-3-4-19-10(8)12(16)17/h3-4,6-7H,5H2,1-2H3. The van der Waals surface area contributed by atoms with Crippen LogP contribution in [0.1, 0.15) is 31.5 Å². The van der Waals surface area contributed by atoms with Gasteiger partial charge in [-0.3, -0.25) is 9.36 Å². The monoisotopic (exact) mass is 276 g/mol. The fourth-order valence-electron chi connectivity index (χ4n) is 1.71. The summed E-state index contributed by atoms with van der Waals surface area (Å²) in [7, 11) is 0. The Bertz CT molecular complexity index is 771. The number of rotatable bonds is 3. The Hall–Kier alpha value is -2.02. The van der Waals surface area contributed by atoms with Gasteiger partial charge in [-0.25, -0.2) is 4.98 Å². The first-order valence-electron chi connectivity index (χ1n) is 5.90. The van der Waals surface area contributed by atoms with Crippen LogP contribution in [0.25, 0.3) is 10.2 Å². The van der Waals surface area contributed by atoms with Crippen LogP contribution in [-0.4, -0.2) is 19.7 Å². The number of fused-ring (bicyclic) bond motifs is 1. The van der Waals surface area contributed by atoms with E-state index in [0.29, 0.717) is 16.4 Å². The summed E-state index contributed by atoms with van der Waals surface area (Å²) >= 11 is 1.39. The maximum absolute atomic E-state index is 12.2. The second-order valence-corrected chi connectivity index (χ2v) is 5.43. The van der Waals surface area contributed by atoms with Gasteiger partial charge >= 0.3 is 0 Å². The third-order valence-electron chi connectivity index (χ3n) is 2.73. The lowest BCUT2D eigenvalue weighted by atomic mass is 10.2. The summed E-state index contributed by atoms with van der Waals surface area (Å²) in [5.74, 6) is 1.24. The molecule has 3 aromatic heterocycles. The van der Waals surface area contributed by atoms with Crippen molar-refractivity contribution in [1.82, 2.24) is 19.7 Å². The van der Waals surface area contributed by atoms with Crippen LogP contribution >= 0.6 is 11.3 Å². The molecule has 19 heavy (non-hydrogen) atoms. The molecule has 3 aromatic rings. The van der Waals surface area contributed by atoms with E-state index in [4.69, 9.17) is 4.52 Å². The molecule has 6 nitrogen and oxygen atoms in total. The van der Waals surface area contributed by atoms with Crippen molar-refractivity contribution in [2.75, 3.05) is 0 Å². The quantitative estimate of drug-likeness (QED) is 0.731. The van der Waals surface area contributed by atoms with Crippen LogP contribution in [0.5, 0.6) is 0 Å². The van der Waals surface area contributed by atoms with Crippen LogP contribution in [0.15, 0.2) is 27.1 Å². The molecule has 0 saturated heterocycles. The van der Waals surface area contributed by atoms with Crippen LogP contribution < -0.4 is 5.56 Å². The van der Waals surface area contributed by atoms with Crippen molar-refractivity contribution in [2.45, 2.75) is 26.3 Å². The van der Waals surface area contributed by atoms with Crippen LogP contribution in [0, 0.1) is 0 Å². The second kappa shape index (κ2) is 4.58. The molecular formula is C12H12N4O2S. The highest BCUT2D eigenvalue weighted by Gasteiger charge is 2.12. The smallest absolute Gasteiger partial charge is 0.271 e. The predicted octanol–water partition coefficient (Wildman–Crippen LogP) is 2.01. The molecular weight excluding hydrogens is 264 g/mol. The van der Waals surface area contributed by atoms with Crippen LogP contribution in [0.2, 0.25) is 0 Å². The Labute approximate surface area is 112 Å². The largest absolute Gasteiger partial charge is 0.339 e. The van der Waals surface area contributed by atoms with Crippen LogP contribution in [0.4, 0.5) is 0 Å². The van der Waals surface area contributed by atoms with E-state index >= 15 is 0 Å². The van der Waals surface area contributed by atoms with Gasteiger partial charge in [0.05, 0.1) is 18.4 Å². The van der Waals surface area contributed by atoms with Crippen molar-refractivity contribution in [3.8, 4) is 0 Å². The van der Waals surface area contributed by atoms with Crippen LogP contribution in [0.3, 0.4) is 0 Å². The normalized spacial score (nSPS) is 11.5. The van der Waals surface area contributed by atoms with Crippen LogP contribution in [-0.2, 0) is 6.54 Å². The molecule has 0 aliphatic heterocycles. The third-order valence-corrected chi connectivity index (χ3v) is 3.62. The van der Waals surface area contributed by atoms with Crippen molar-refractivity contribution in [3.05, 3.63) is 39.8 Å². The molecule has 0 N–H and O–H groups in total. The van der Waals surface area contributed by atoms with Gasteiger partial charge in [-0.1, -0.05) is 19.0 Å². The highest BCUT2D eigenvalue weighted by molar-refractivity contribution is 7.17. The minimum absolute atomic E-state index is 0.0732. The fraction of sp³-hybridized carbons (Fsp3) is 0.333. The topological polar surface area (TPSA) is 73.8 Å². The molecule has 0 aliphatic carbocycles. The van der Waals surface area contributed by atoms with E-state index in [1.807, 2.05) is 25.3 Å². The first kappa shape index (κ1) is 12.0. The predicted molar refractivity (Wildman–Crippen MR) is 71.4 cm³/mol. The zero-order valence-corrected chi connectivity index (χ0v) is 11.3. The molecule has 3 heterocycles. The minimum atomic E-state index is -0.0732. The Morgan fingerprint density at radius 1 is 1.47 bits per heavy atom. The number of hydrogen-bond acceptors (Lipinski definition) is 6. The van der Waals surface area contributed by atoms with Gasteiger partial charge in [0, 0.05) is 5.92 Å². The van der Waals surface area contributed by atoms with E-state index in [-0.39, 0.29) is 18.0 Å². The van der Waals surface area contributed by atoms with Gasteiger partial charge in [-0.05, 0) is 11.4 Å². The van der Waals surface area contributed by atoms with Gasteiger partial charge in [-0.2, -0.15) is 4.98 Å². The average Bonchev–Trinajstić information content (AvgIpc) is 3.01. The lowest BCUT2D eigenvalue weighted by molar-refractivity contribution is 0.359. The van der Waals surface area contributed by atoms with Gasteiger partial charge in [0.25, 0.3) is 5.56 Å². The number of hydrogen-bond donors (Lipinski definition) is 0. The van der Waals surface area contributed by atoms with Gasteiger partial charge < -0.3 is 4.52 Å². The lowest BCUT2D eigenvalue weighted by Crippen LogP contribution is -2.20. The zero-order valence-electron chi connectivity index (χ0n) is 10.5. The molecule has 0 amide bonds. The summed E-state index contributed by atoms with van der Waals surface area (Å²) in [6, 6.07) is 1.83. The first-order valence-corrected chi connectivity index (χ1v) is 6.78. The molecule has 3 rings (SSSR count). The Balaban J connectivity index is 1.96. The molecule has 0 unspecified atom stereocenters. The van der Waals surface area contributed by atoms with Crippen molar-refractivity contribution in [2.24, 2.45) is 0 Å². The van der Waals surface area contributed by atoms with E-state index < -0.39 is 0 Å². The summed E-state index contributed by atoms with van der Waals surface area (Å²) in [4.78, 5) is 20.7. The van der Waals surface area contributed by atoms with Crippen molar-refractivity contribution in [3.63, 3.8) is 0 Å². The molecule has 0 atom stereocenters. The average molecular weight is 276 g/mol. The Morgan fingerprint density at radius 3 is 3.05 bits per heavy atom. The molecule has 0 saturated carbocycles. The summed E-state index contributed by atoms with van der Waals surface area (Å²) in [5, 5.41) is 5.73. The van der Waals surface area contributed by atoms with E-state index in [1.54, 1.807) is 0 Å². The molecule has 0 bridgehead atoms. The molecule has 7 heteroatoms. The summed E-state index contributed by atoms with van der Waals surface area (Å²) in [6.07, 6.45) is 1.52. The minimum Gasteiger partial charge on any atom is -0.339 e. The zero-order chi connectivity index (χ0) is 13.4. The molecule has 98 valence electrons. The van der Waals surface area contributed by atoms with Gasteiger partial charge in [-0.15, -0.1) is 11.3 Å². The van der Waals surface area contributed by atoms with E-state index in [2.05, 4.69) is 15.1 Å². The SMILES string of the molecule is CC(C)c1nc(Cn2cnc3ccsc3c2=O)no1. The highest BCUT2D eigenvalue weighted by atomic mass is 32.1. The molecule has 0 fully saturated rings. The second-order valence-electron chi connectivity index (χ2n) is 4.52. The van der Waals surface area contributed by atoms with Gasteiger partial charge in [0.2, 0.25) is 5.89 Å².